The smallest absolute Gasteiger partial charge is 0.161 e. The SMILES string of the molecule is COC1OC2CC1C(C#N)CC2O. The molecule has 2 aliphatic rings. The molecule has 0 spiro atoms. The van der Waals surface area contributed by atoms with Gasteiger partial charge in [0.15, 0.2) is 6.29 Å². The maximum Gasteiger partial charge on any atom is 0.161 e. The fourth-order valence-corrected chi connectivity index (χ4v) is 2.28. The molecule has 1 aliphatic carbocycles. The molecule has 1 heterocycles. The Morgan fingerprint density at radius 2 is 2.31 bits per heavy atom. The van der Waals surface area contributed by atoms with E-state index in [4.69, 9.17) is 14.7 Å². The van der Waals surface area contributed by atoms with Crippen LogP contribution < -0.4 is 0 Å². The van der Waals surface area contributed by atoms with Crippen molar-refractivity contribution in [2.75, 3.05) is 7.11 Å². The van der Waals surface area contributed by atoms with Crippen molar-refractivity contribution >= 4 is 0 Å². The van der Waals surface area contributed by atoms with Crippen molar-refractivity contribution in [3.63, 3.8) is 0 Å². The third-order valence-electron chi connectivity index (χ3n) is 3.00. The molecule has 0 aromatic carbocycles. The van der Waals surface area contributed by atoms with Crippen molar-refractivity contribution < 1.29 is 14.6 Å². The lowest BCUT2D eigenvalue weighted by Gasteiger charge is -2.26. The molecule has 4 nitrogen and oxygen atoms in total. The highest BCUT2D eigenvalue weighted by molar-refractivity contribution is 5.01. The lowest BCUT2D eigenvalue weighted by molar-refractivity contribution is -0.140. The van der Waals surface area contributed by atoms with E-state index in [-0.39, 0.29) is 24.2 Å². The van der Waals surface area contributed by atoms with Crippen LogP contribution in [0.15, 0.2) is 0 Å². The zero-order valence-corrected chi connectivity index (χ0v) is 7.51. The van der Waals surface area contributed by atoms with Gasteiger partial charge >= 0.3 is 0 Å². The van der Waals surface area contributed by atoms with E-state index in [1.165, 1.54) is 0 Å². The fraction of sp³-hybridized carbons (Fsp3) is 0.889. The minimum atomic E-state index is -0.499. The average molecular weight is 183 g/mol. The third kappa shape index (κ3) is 1.33. The van der Waals surface area contributed by atoms with Crippen molar-refractivity contribution in [1.82, 2.24) is 0 Å². The summed E-state index contributed by atoms with van der Waals surface area (Å²) in [5.41, 5.74) is 0. The molecule has 72 valence electrons. The highest BCUT2D eigenvalue weighted by Crippen LogP contribution is 2.41. The van der Waals surface area contributed by atoms with Crippen LogP contribution >= 0.6 is 0 Å². The van der Waals surface area contributed by atoms with E-state index in [2.05, 4.69) is 6.07 Å². The number of hydrogen-bond acceptors (Lipinski definition) is 4. The van der Waals surface area contributed by atoms with Gasteiger partial charge in [0.25, 0.3) is 0 Å². The summed E-state index contributed by atoms with van der Waals surface area (Å²) >= 11 is 0. The first-order valence-electron chi connectivity index (χ1n) is 4.52. The van der Waals surface area contributed by atoms with Gasteiger partial charge in [-0.1, -0.05) is 0 Å². The van der Waals surface area contributed by atoms with Crippen molar-refractivity contribution in [3.05, 3.63) is 0 Å². The topological polar surface area (TPSA) is 62.5 Å². The van der Waals surface area contributed by atoms with Crippen molar-refractivity contribution in [1.29, 1.82) is 5.26 Å². The van der Waals surface area contributed by atoms with Crippen LogP contribution in [0.4, 0.5) is 0 Å². The van der Waals surface area contributed by atoms with Gasteiger partial charge in [-0.05, 0) is 12.8 Å². The van der Waals surface area contributed by atoms with Gasteiger partial charge in [-0.2, -0.15) is 5.26 Å². The summed E-state index contributed by atoms with van der Waals surface area (Å²) in [5.74, 6) is 0.0158. The highest BCUT2D eigenvalue weighted by atomic mass is 16.7. The van der Waals surface area contributed by atoms with Crippen molar-refractivity contribution in [3.8, 4) is 6.07 Å². The Morgan fingerprint density at radius 3 is 2.92 bits per heavy atom. The normalized spacial score (nSPS) is 48.8. The minimum absolute atomic E-state index is 0.125. The van der Waals surface area contributed by atoms with Gasteiger partial charge in [-0.15, -0.1) is 0 Å². The first-order valence-corrected chi connectivity index (χ1v) is 4.52. The summed E-state index contributed by atoms with van der Waals surface area (Å²) in [6.45, 7) is 0. The second-order valence-corrected chi connectivity index (χ2v) is 3.72. The number of methoxy groups -OCH3 is 1. The molecule has 2 rings (SSSR count). The predicted molar refractivity (Wildman–Crippen MR) is 43.5 cm³/mol. The standard InChI is InChI=1S/C9H13NO3/c1-12-9-6-3-8(13-9)7(11)2-5(6)4-10/h5-9,11H,2-3H2,1H3. The molecule has 5 unspecified atom stereocenters. The summed E-state index contributed by atoms with van der Waals surface area (Å²) < 4.78 is 10.6. The Hall–Kier alpha value is -0.630. The lowest BCUT2D eigenvalue weighted by Crippen LogP contribution is -2.33. The molecule has 0 aromatic heterocycles. The number of nitriles is 1. The summed E-state index contributed by atoms with van der Waals surface area (Å²) in [4.78, 5) is 0. The molecule has 1 saturated carbocycles. The lowest BCUT2D eigenvalue weighted by atomic mass is 9.79. The molecule has 1 N–H and O–H groups in total. The van der Waals surface area contributed by atoms with Crippen LogP contribution in [0.3, 0.4) is 0 Å². The van der Waals surface area contributed by atoms with Crippen LogP contribution in [0, 0.1) is 23.2 Å². The summed E-state index contributed by atoms with van der Waals surface area (Å²) in [6, 6.07) is 2.21. The molecule has 0 radical (unpaired) electrons. The molecule has 0 aromatic rings. The van der Waals surface area contributed by atoms with Crippen molar-refractivity contribution in [2.45, 2.75) is 31.3 Å². The third-order valence-corrected chi connectivity index (χ3v) is 3.00. The number of hydrogen-bond donors (Lipinski definition) is 1. The van der Waals surface area contributed by atoms with Crippen molar-refractivity contribution in [2.24, 2.45) is 11.8 Å². The van der Waals surface area contributed by atoms with Crippen LogP contribution in [0.5, 0.6) is 0 Å². The molecule has 1 saturated heterocycles. The number of aliphatic hydroxyl groups is 1. The monoisotopic (exact) mass is 183 g/mol. The first kappa shape index (κ1) is 8.95. The van der Waals surface area contributed by atoms with E-state index in [1.807, 2.05) is 0 Å². The van der Waals surface area contributed by atoms with Crippen LogP contribution in [-0.2, 0) is 9.47 Å². The second-order valence-electron chi connectivity index (χ2n) is 3.72. The van der Waals surface area contributed by atoms with Gasteiger partial charge in [-0.3, -0.25) is 0 Å². The Kier molecular flexibility index (Phi) is 2.24. The fourth-order valence-electron chi connectivity index (χ4n) is 2.28. The molecular weight excluding hydrogens is 170 g/mol. The predicted octanol–water partition coefficient (Wildman–Crippen LogP) is 0.268. The van der Waals surface area contributed by atoms with E-state index in [0.717, 1.165) is 6.42 Å². The molecule has 5 atom stereocenters. The highest BCUT2D eigenvalue weighted by Gasteiger charge is 2.48. The van der Waals surface area contributed by atoms with E-state index in [1.54, 1.807) is 7.11 Å². The van der Waals surface area contributed by atoms with Crippen LogP contribution in [0.25, 0.3) is 0 Å². The van der Waals surface area contributed by atoms with Crippen LogP contribution in [0.2, 0.25) is 0 Å². The summed E-state index contributed by atoms with van der Waals surface area (Å²) in [5, 5.41) is 18.4. The van der Waals surface area contributed by atoms with E-state index < -0.39 is 6.10 Å². The van der Waals surface area contributed by atoms with Gasteiger partial charge in [0.1, 0.15) is 0 Å². The second kappa shape index (κ2) is 3.26. The molecule has 2 bridgehead atoms. The Morgan fingerprint density at radius 1 is 1.54 bits per heavy atom. The molecule has 0 amide bonds. The van der Waals surface area contributed by atoms with E-state index >= 15 is 0 Å². The first-order chi connectivity index (χ1) is 6.26. The van der Waals surface area contributed by atoms with Gasteiger partial charge in [0.2, 0.25) is 0 Å². The number of rotatable bonds is 1. The van der Waals surface area contributed by atoms with Gasteiger partial charge in [0.05, 0.1) is 24.2 Å². The maximum absolute atomic E-state index is 9.58. The number of ether oxygens (including phenoxy) is 2. The molecule has 1 aliphatic heterocycles. The van der Waals surface area contributed by atoms with Gasteiger partial charge in [-0.25, -0.2) is 0 Å². The van der Waals surface area contributed by atoms with Gasteiger partial charge in [0, 0.05) is 13.0 Å². The molecule has 13 heavy (non-hydrogen) atoms. The average Bonchev–Trinajstić information content (AvgIpc) is 2.52. The van der Waals surface area contributed by atoms with Gasteiger partial charge < -0.3 is 14.6 Å². The zero-order valence-electron chi connectivity index (χ0n) is 7.51. The van der Waals surface area contributed by atoms with E-state index in [9.17, 15) is 5.11 Å². The molecule has 2 fully saturated rings. The number of nitrogens with zero attached hydrogens (tertiary/aromatic N) is 1. The Bertz CT molecular complexity index is 238. The quantitative estimate of drug-likeness (QED) is 0.633. The number of aliphatic hydroxyl groups excluding tert-OH is 1. The Labute approximate surface area is 77.1 Å². The zero-order chi connectivity index (χ0) is 9.42. The number of fused-ring (bicyclic) bond motifs is 2. The molecular formula is C9H13NO3. The van der Waals surface area contributed by atoms with Crippen LogP contribution in [0.1, 0.15) is 12.8 Å². The summed E-state index contributed by atoms with van der Waals surface area (Å²) in [6.07, 6.45) is 0.344. The summed E-state index contributed by atoms with van der Waals surface area (Å²) in [7, 11) is 1.58. The largest absolute Gasteiger partial charge is 0.390 e. The minimum Gasteiger partial charge on any atom is -0.390 e. The molecule has 4 heteroatoms. The Balaban J connectivity index is 2.15. The maximum atomic E-state index is 9.58. The van der Waals surface area contributed by atoms with E-state index in [0.29, 0.717) is 6.42 Å². The van der Waals surface area contributed by atoms with Crippen LogP contribution in [-0.4, -0.2) is 30.7 Å².